The van der Waals surface area contributed by atoms with Crippen LogP contribution in [0.1, 0.15) is 29.8 Å². The highest BCUT2D eigenvalue weighted by Gasteiger charge is 2.16. The van der Waals surface area contributed by atoms with Gasteiger partial charge in [0.15, 0.2) is 0 Å². The molecule has 1 aromatic heterocycles. The molecule has 128 valence electrons. The molecule has 24 heavy (non-hydrogen) atoms. The molecule has 1 heterocycles. The maximum absolute atomic E-state index is 12.2. The van der Waals surface area contributed by atoms with Crippen LogP contribution in [0.25, 0.3) is 0 Å². The summed E-state index contributed by atoms with van der Waals surface area (Å²) in [5.41, 5.74) is 2.65. The smallest absolute Gasteiger partial charge is 0.267 e. The van der Waals surface area contributed by atoms with E-state index in [9.17, 15) is 9.59 Å². The van der Waals surface area contributed by atoms with Crippen LogP contribution in [0, 0.1) is 20.8 Å². The van der Waals surface area contributed by atoms with Crippen molar-refractivity contribution >= 4 is 5.91 Å². The monoisotopic (exact) mass is 329 g/mol. The van der Waals surface area contributed by atoms with Gasteiger partial charge >= 0.3 is 0 Å². The van der Waals surface area contributed by atoms with Gasteiger partial charge in [0.2, 0.25) is 5.91 Å². The van der Waals surface area contributed by atoms with Crippen LogP contribution in [0.5, 0.6) is 5.75 Å². The van der Waals surface area contributed by atoms with Gasteiger partial charge in [-0.15, -0.1) is 0 Å². The van der Waals surface area contributed by atoms with Gasteiger partial charge in [0.1, 0.15) is 18.4 Å². The van der Waals surface area contributed by atoms with Gasteiger partial charge in [0, 0.05) is 6.07 Å². The Bertz CT molecular complexity index is 763. The van der Waals surface area contributed by atoms with Gasteiger partial charge in [-0.3, -0.25) is 9.59 Å². The van der Waals surface area contributed by atoms with E-state index in [0.717, 1.165) is 16.9 Å². The number of carbonyl (C=O) groups is 1. The van der Waals surface area contributed by atoms with Gasteiger partial charge in [-0.1, -0.05) is 6.07 Å². The first-order valence-corrected chi connectivity index (χ1v) is 7.92. The summed E-state index contributed by atoms with van der Waals surface area (Å²) in [5.74, 6) is 0.519. The number of hydrogen-bond acceptors (Lipinski definition) is 4. The van der Waals surface area contributed by atoms with E-state index in [1.807, 2.05) is 26.0 Å². The average molecular weight is 329 g/mol. The number of aryl methyl sites for hydroxylation is 3. The number of amides is 1. The first-order chi connectivity index (χ1) is 11.4. The number of rotatable bonds is 6. The van der Waals surface area contributed by atoms with Gasteiger partial charge in [-0.2, -0.15) is 5.10 Å². The lowest BCUT2D eigenvalue weighted by Gasteiger charge is -2.14. The maximum atomic E-state index is 12.2. The molecular formula is C18H23N3O3. The normalized spacial score (nSPS) is 11.8. The second-order valence-corrected chi connectivity index (χ2v) is 5.90. The third-order valence-corrected chi connectivity index (χ3v) is 3.57. The van der Waals surface area contributed by atoms with Crippen LogP contribution in [-0.4, -0.2) is 28.8 Å². The fourth-order valence-corrected chi connectivity index (χ4v) is 2.42. The molecule has 2 aromatic rings. The first-order valence-electron chi connectivity index (χ1n) is 7.92. The third-order valence-electron chi connectivity index (χ3n) is 3.57. The van der Waals surface area contributed by atoms with Crippen molar-refractivity contribution in [1.82, 2.24) is 15.1 Å². The lowest BCUT2D eigenvalue weighted by molar-refractivity contribution is -0.124. The van der Waals surface area contributed by atoms with E-state index >= 15 is 0 Å². The predicted molar refractivity (Wildman–Crippen MR) is 92.4 cm³/mol. The molecule has 1 atom stereocenters. The topological polar surface area (TPSA) is 73.2 Å². The van der Waals surface area contributed by atoms with Crippen LogP contribution in [-0.2, 0) is 4.79 Å². The van der Waals surface area contributed by atoms with Crippen molar-refractivity contribution in [3.63, 3.8) is 0 Å². The molecule has 0 aliphatic carbocycles. The maximum Gasteiger partial charge on any atom is 0.267 e. The van der Waals surface area contributed by atoms with Crippen molar-refractivity contribution in [1.29, 1.82) is 0 Å². The molecule has 0 fully saturated rings. The number of nitrogens with one attached hydrogen (secondary N) is 1. The van der Waals surface area contributed by atoms with Crippen molar-refractivity contribution in [2.75, 3.05) is 13.2 Å². The highest BCUT2D eigenvalue weighted by atomic mass is 16.5. The molecule has 1 N–H and O–H groups in total. The summed E-state index contributed by atoms with van der Waals surface area (Å²) in [6.07, 6.45) is 0. The second-order valence-electron chi connectivity index (χ2n) is 5.90. The second kappa shape index (κ2) is 7.77. The highest BCUT2D eigenvalue weighted by Crippen LogP contribution is 2.15. The predicted octanol–water partition coefficient (Wildman–Crippen LogP) is 1.92. The quantitative estimate of drug-likeness (QED) is 0.822. The third kappa shape index (κ3) is 4.68. The van der Waals surface area contributed by atoms with E-state index in [1.165, 1.54) is 10.7 Å². The molecule has 0 aliphatic heterocycles. The fourth-order valence-electron chi connectivity index (χ4n) is 2.42. The summed E-state index contributed by atoms with van der Waals surface area (Å²) < 4.78 is 6.84. The van der Waals surface area contributed by atoms with Crippen LogP contribution < -0.4 is 15.6 Å². The van der Waals surface area contributed by atoms with Crippen LogP contribution >= 0.6 is 0 Å². The zero-order valence-electron chi connectivity index (χ0n) is 14.5. The van der Waals surface area contributed by atoms with Crippen molar-refractivity contribution in [3.8, 4) is 5.75 Å². The van der Waals surface area contributed by atoms with E-state index in [2.05, 4.69) is 16.5 Å². The number of benzene rings is 1. The Morgan fingerprint density at radius 3 is 2.54 bits per heavy atom. The Morgan fingerprint density at radius 2 is 1.88 bits per heavy atom. The molecule has 2 rings (SSSR count). The molecule has 0 bridgehead atoms. The number of nitrogens with zero attached hydrogens (tertiary/aromatic N) is 2. The summed E-state index contributed by atoms with van der Waals surface area (Å²) in [4.78, 5) is 24.0. The zero-order chi connectivity index (χ0) is 17.7. The summed E-state index contributed by atoms with van der Waals surface area (Å²) in [5, 5.41) is 6.86. The Kier molecular flexibility index (Phi) is 5.73. The number of hydrogen-bond donors (Lipinski definition) is 1. The van der Waals surface area contributed by atoms with E-state index < -0.39 is 6.04 Å². The Labute approximate surface area is 141 Å². The zero-order valence-corrected chi connectivity index (χ0v) is 14.5. The van der Waals surface area contributed by atoms with Crippen LogP contribution in [0.4, 0.5) is 0 Å². The first kappa shape index (κ1) is 17.7. The molecule has 6 nitrogen and oxygen atoms in total. The van der Waals surface area contributed by atoms with Crippen LogP contribution in [0.3, 0.4) is 0 Å². The molecule has 0 aliphatic rings. The Hall–Kier alpha value is -2.63. The fraction of sp³-hybridized carbons (Fsp3) is 0.389. The van der Waals surface area contributed by atoms with Gasteiger partial charge in [0.05, 0.1) is 12.2 Å². The van der Waals surface area contributed by atoms with Crippen molar-refractivity contribution < 1.29 is 9.53 Å². The molecule has 0 saturated heterocycles. The number of ether oxygens (including phenoxy) is 1. The van der Waals surface area contributed by atoms with Crippen LogP contribution in [0.2, 0.25) is 0 Å². The van der Waals surface area contributed by atoms with Gasteiger partial charge in [-0.25, -0.2) is 4.68 Å². The highest BCUT2D eigenvalue weighted by molar-refractivity contribution is 5.79. The minimum atomic E-state index is -0.668. The summed E-state index contributed by atoms with van der Waals surface area (Å²) in [7, 11) is 0. The van der Waals surface area contributed by atoms with Crippen LogP contribution in [0.15, 0.2) is 35.1 Å². The van der Waals surface area contributed by atoms with E-state index in [1.54, 1.807) is 19.9 Å². The van der Waals surface area contributed by atoms with E-state index in [4.69, 9.17) is 4.74 Å². The lowest BCUT2D eigenvalue weighted by Crippen LogP contribution is -2.38. The minimum absolute atomic E-state index is 0.265. The standard InChI is InChI=1S/C18H23N3O3/c1-12-9-13(2)11-16(10-12)24-8-7-19-18(23)15(4)21-17(22)6-5-14(3)20-21/h5-6,9-11,15H,7-8H2,1-4H3,(H,19,23). The molecule has 0 spiro atoms. The summed E-state index contributed by atoms with van der Waals surface area (Å²) in [6.45, 7) is 8.16. The van der Waals surface area contributed by atoms with E-state index in [0.29, 0.717) is 18.8 Å². The molecule has 1 amide bonds. The van der Waals surface area contributed by atoms with Crippen molar-refractivity contribution in [2.24, 2.45) is 0 Å². The van der Waals surface area contributed by atoms with Gasteiger partial charge in [0.25, 0.3) is 5.56 Å². The molecule has 0 radical (unpaired) electrons. The van der Waals surface area contributed by atoms with Crippen molar-refractivity contribution in [2.45, 2.75) is 33.7 Å². The molecule has 1 aromatic carbocycles. The SMILES string of the molecule is Cc1cc(C)cc(OCCNC(=O)C(C)n2nc(C)ccc2=O)c1. The summed E-state index contributed by atoms with van der Waals surface area (Å²) >= 11 is 0. The molecule has 1 unspecified atom stereocenters. The summed E-state index contributed by atoms with van der Waals surface area (Å²) in [6, 6.07) is 8.35. The van der Waals surface area contributed by atoms with Crippen molar-refractivity contribution in [3.05, 3.63) is 57.5 Å². The molecule has 0 saturated carbocycles. The molecule has 6 heteroatoms. The molecular weight excluding hydrogens is 306 g/mol. The lowest BCUT2D eigenvalue weighted by atomic mass is 10.1. The van der Waals surface area contributed by atoms with E-state index in [-0.39, 0.29) is 11.5 Å². The number of carbonyl (C=O) groups excluding carboxylic acids is 1. The number of aromatic nitrogens is 2. The van der Waals surface area contributed by atoms with Gasteiger partial charge < -0.3 is 10.1 Å². The Morgan fingerprint density at radius 1 is 1.21 bits per heavy atom. The largest absolute Gasteiger partial charge is 0.492 e. The minimum Gasteiger partial charge on any atom is -0.492 e. The van der Waals surface area contributed by atoms with Gasteiger partial charge in [-0.05, 0) is 57.0 Å². The average Bonchev–Trinajstić information content (AvgIpc) is 2.52. The Balaban J connectivity index is 1.86.